The standard InChI is InChI=1S/C8H6BF3O2.2K/c10-7(8(11,12)9(13)14)6-4-2-1-3-5-6;;/h1-5,7H;;/q-2;2*+1. The van der Waals surface area contributed by atoms with E-state index in [1.807, 2.05) is 0 Å². The van der Waals surface area contributed by atoms with Gasteiger partial charge in [0.05, 0.1) is 0 Å². The van der Waals surface area contributed by atoms with Crippen LogP contribution in [0.15, 0.2) is 30.3 Å². The van der Waals surface area contributed by atoms with Crippen LogP contribution in [-0.4, -0.2) is 12.9 Å². The fourth-order valence-electron chi connectivity index (χ4n) is 0.964. The average Bonchev–Trinajstić information content (AvgIpc) is 2.17. The molecule has 1 unspecified atom stereocenters. The summed E-state index contributed by atoms with van der Waals surface area (Å²) in [5.41, 5.74) is -0.366. The summed E-state index contributed by atoms with van der Waals surface area (Å²) in [4.78, 5) is 0. The van der Waals surface area contributed by atoms with E-state index in [0.29, 0.717) is 0 Å². The molecule has 16 heavy (non-hydrogen) atoms. The van der Waals surface area contributed by atoms with E-state index in [9.17, 15) is 23.2 Å². The molecule has 1 atom stereocenters. The van der Waals surface area contributed by atoms with Gasteiger partial charge in [0, 0.05) is 0 Å². The molecule has 0 aromatic heterocycles. The first kappa shape index (κ1) is 20.6. The van der Waals surface area contributed by atoms with Gasteiger partial charge in [0.1, 0.15) is 0 Å². The van der Waals surface area contributed by atoms with Gasteiger partial charge < -0.3 is 10.0 Å². The number of hydrogen-bond acceptors (Lipinski definition) is 2. The topological polar surface area (TPSA) is 46.1 Å². The van der Waals surface area contributed by atoms with E-state index in [1.165, 1.54) is 18.2 Å². The molecule has 2 nitrogen and oxygen atoms in total. The average molecular weight is 280 g/mol. The molecule has 76 valence electrons. The Balaban J connectivity index is 0. The minimum Gasteiger partial charge on any atom is -0.889 e. The Morgan fingerprint density at radius 3 is 1.88 bits per heavy atom. The summed E-state index contributed by atoms with van der Waals surface area (Å²) in [5, 5.41) is 20.0. The fraction of sp³-hybridized carbons (Fsp3) is 0.250. The molecule has 0 aliphatic heterocycles. The van der Waals surface area contributed by atoms with Gasteiger partial charge in [-0.3, -0.25) is 0 Å². The Hall–Kier alpha value is 2.27. The SMILES string of the molecule is [K+].[K+].[O-]B([O-])C(F)(F)C(F)c1ccccc1. The van der Waals surface area contributed by atoms with Gasteiger partial charge in [-0.2, -0.15) is 0 Å². The van der Waals surface area contributed by atoms with Crippen LogP contribution < -0.4 is 113 Å². The Morgan fingerprint density at radius 1 is 1.06 bits per heavy atom. The van der Waals surface area contributed by atoms with Crippen molar-refractivity contribution in [3.05, 3.63) is 35.9 Å². The maximum absolute atomic E-state index is 13.0. The van der Waals surface area contributed by atoms with Gasteiger partial charge in [-0.1, -0.05) is 30.3 Å². The van der Waals surface area contributed by atoms with Gasteiger partial charge in [0.25, 0.3) is 0 Å². The molecule has 1 rings (SSSR count). The minimum absolute atomic E-state index is 0. The maximum Gasteiger partial charge on any atom is 1.00 e. The minimum atomic E-state index is -4.42. The van der Waals surface area contributed by atoms with Crippen LogP contribution in [0.5, 0.6) is 0 Å². The first-order valence-electron chi connectivity index (χ1n) is 3.84. The molecule has 0 saturated heterocycles. The summed E-state index contributed by atoms with van der Waals surface area (Å²) in [6.45, 7) is 0. The molecule has 0 bridgehead atoms. The number of alkyl halides is 3. The molecule has 0 amide bonds. The zero-order valence-corrected chi connectivity index (χ0v) is 15.2. The van der Waals surface area contributed by atoms with Gasteiger partial charge in [0.15, 0.2) is 6.17 Å². The number of benzene rings is 1. The molecule has 0 spiro atoms. The first-order valence-corrected chi connectivity index (χ1v) is 3.84. The van der Waals surface area contributed by atoms with Crippen molar-refractivity contribution in [3.8, 4) is 0 Å². The summed E-state index contributed by atoms with van der Waals surface area (Å²) < 4.78 is 38.3. The van der Waals surface area contributed by atoms with Crippen molar-refractivity contribution in [1.29, 1.82) is 0 Å². The van der Waals surface area contributed by atoms with Crippen molar-refractivity contribution in [1.82, 2.24) is 0 Å². The van der Waals surface area contributed by atoms with Crippen molar-refractivity contribution in [2.75, 3.05) is 0 Å². The Labute approximate surface area is 177 Å². The summed E-state index contributed by atoms with van der Waals surface area (Å²) in [7, 11) is -3.50. The third-order valence-corrected chi connectivity index (χ3v) is 1.74. The van der Waals surface area contributed by atoms with Crippen LogP contribution in [0.2, 0.25) is 0 Å². The van der Waals surface area contributed by atoms with Crippen LogP contribution >= 0.6 is 0 Å². The van der Waals surface area contributed by atoms with Crippen LogP contribution in [0.3, 0.4) is 0 Å². The van der Waals surface area contributed by atoms with Crippen LogP contribution in [0, 0.1) is 0 Å². The second kappa shape index (κ2) is 9.22. The normalized spacial score (nSPS) is 12.1. The zero-order valence-electron chi connectivity index (χ0n) is 8.99. The number of rotatable bonds is 3. The largest absolute Gasteiger partial charge is 1.00 e. The molecule has 0 heterocycles. The Bertz CT molecular complexity index is 301. The Morgan fingerprint density at radius 2 is 1.50 bits per heavy atom. The number of halogens is 3. The smallest absolute Gasteiger partial charge is 0.889 e. The molecule has 1 aromatic rings. The molecule has 0 N–H and O–H groups in total. The van der Waals surface area contributed by atoms with Crippen molar-refractivity contribution in [2.45, 2.75) is 12.0 Å². The molecule has 0 aliphatic rings. The zero-order chi connectivity index (χ0) is 10.8. The molecule has 1 aromatic carbocycles. The molecule has 0 saturated carbocycles. The fourth-order valence-corrected chi connectivity index (χ4v) is 0.964. The van der Waals surface area contributed by atoms with Crippen LogP contribution in [0.4, 0.5) is 13.2 Å². The van der Waals surface area contributed by atoms with Gasteiger partial charge in [-0.15, -0.1) is 0 Å². The third kappa shape index (κ3) is 5.50. The molecule has 0 fully saturated rings. The summed E-state index contributed by atoms with van der Waals surface area (Å²) >= 11 is 0. The van der Waals surface area contributed by atoms with E-state index >= 15 is 0 Å². The molecular weight excluding hydrogens is 274 g/mol. The van der Waals surface area contributed by atoms with Crippen LogP contribution in [-0.2, 0) is 0 Å². The molecule has 8 heteroatoms. The quantitative estimate of drug-likeness (QED) is 0.518. The van der Waals surface area contributed by atoms with E-state index in [1.54, 1.807) is 0 Å². The van der Waals surface area contributed by atoms with Crippen molar-refractivity contribution in [2.24, 2.45) is 0 Å². The summed E-state index contributed by atoms with van der Waals surface area (Å²) in [6, 6.07) is 6.41. The van der Waals surface area contributed by atoms with E-state index < -0.39 is 19.1 Å². The second-order valence-electron chi connectivity index (χ2n) is 2.78. The predicted octanol–water partition coefficient (Wildman–Crippen LogP) is -5.91. The van der Waals surface area contributed by atoms with Gasteiger partial charge in [-0.25, -0.2) is 13.2 Å². The second-order valence-corrected chi connectivity index (χ2v) is 2.78. The van der Waals surface area contributed by atoms with Gasteiger partial charge in [-0.05, 0) is 12.7 Å². The first-order chi connectivity index (χ1) is 6.46. The molecular formula is C8H6BF3K2O2. The summed E-state index contributed by atoms with van der Waals surface area (Å²) in [6.07, 6.45) is -2.84. The van der Waals surface area contributed by atoms with Gasteiger partial charge >= 0.3 is 103 Å². The molecule has 0 radical (unpaired) electrons. The van der Waals surface area contributed by atoms with Crippen LogP contribution in [0.1, 0.15) is 11.7 Å². The van der Waals surface area contributed by atoms with Crippen molar-refractivity contribution in [3.63, 3.8) is 0 Å². The number of hydrogen-bond donors (Lipinski definition) is 0. The van der Waals surface area contributed by atoms with E-state index in [-0.39, 0.29) is 108 Å². The van der Waals surface area contributed by atoms with Crippen molar-refractivity contribution >= 4 is 7.12 Å². The van der Waals surface area contributed by atoms with Crippen molar-refractivity contribution < 1.29 is 126 Å². The third-order valence-electron chi connectivity index (χ3n) is 1.74. The Kier molecular flexibility index (Phi) is 11.9. The van der Waals surface area contributed by atoms with Gasteiger partial charge in [0.2, 0.25) is 5.82 Å². The molecule has 0 aliphatic carbocycles. The monoisotopic (exact) mass is 280 g/mol. The predicted molar refractivity (Wildman–Crippen MR) is 41.0 cm³/mol. The van der Waals surface area contributed by atoms with E-state index in [0.717, 1.165) is 12.1 Å². The van der Waals surface area contributed by atoms with E-state index in [2.05, 4.69) is 0 Å². The summed E-state index contributed by atoms with van der Waals surface area (Å²) in [5.74, 6) is -4.42. The van der Waals surface area contributed by atoms with Crippen LogP contribution in [0.25, 0.3) is 0 Å². The van der Waals surface area contributed by atoms with E-state index in [4.69, 9.17) is 0 Å². The maximum atomic E-state index is 13.0.